The summed E-state index contributed by atoms with van der Waals surface area (Å²) in [6.45, 7) is -0.467. The number of aromatic nitrogens is 3. The first-order valence-electron chi connectivity index (χ1n) is 8.39. The number of hydrogen-bond donors (Lipinski definition) is 3. The number of aromatic amines is 2. The molecule has 0 unspecified atom stereocenters. The first-order valence-corrected chi connectivity index (χ1v) is 10.1. The number of nitrogens with one attached hydrogen (secondary N) is 3. The quantitative estimate of drug-likeness (QED) is 0.384. The number of fused-ring (bicyclic) bond motifs is 1. The summed E-state index contributed by atoms with van der Waals surface area (Å²) in [4.78, 5) is 45.2. The molecular weight excluding hydrogens is 460 g/mol. The van der Waals surface area contributed by atoms with E-state index >= 15 is 0 Å². The number of halogens is 1. The number of ether oxygens (including phenoxy) is 1. The van der Waals surface area contributed by atoms with Crippen molar-refractivity contribution >= 4 is 55.9 Å². The van der Waals surface area contributed by atoms with Crippen molar-refractivity contribution in [3.8, 4) is 10.6 Å². The molecule has 0 saturated carbocycles. The molecule has 0 fully saturated rings. The number of thiazole rings is 1. The SMILES string of the molecule is O=C(COC(=O)c1csc(-c2ccccc2)n1)Nc1cc2[nH]c(=O)[nH]c2cc1Br. The van der Waals surface area contributed by atoms with Crippen LogP contribution in [0, 0.1) is 0 Å². The highest BCUT2D eigenvalue weighted by Crippen LogP contribution is 2.26. The number of nitrogens with zero attached hydrogens (tertiary/aromatic N) is 1. The molecule has 0 radical (unpaired) electrons. The van der Waals surface area contributed by atoms with Crippen LogP contribution in [0.2, 0.25) is 0 Å². The zero-order valence-electron chi connectivity index (χ0n) is 14.7. The lowest BCUT2D eigenvalue weighted by Crippen LogP contribution is -2.21. The lowest BCUT2D eigenvalue weighted by molar-refractivity contribution is -0.119. The van der Waals surface area contributed by atoms with Gasteiger partial charge in [-0.15, -0.1) is 11.3 Å². The monoisotopic (exact) mass is 472 g/mol. The van der Waals surface area contributed by atoms with Crippen molar-refractivity contribution in [3.63, 3.8) is 0 Å². The van der Waals surface area contributed by atoms with Gasteiger partial charge in [-0.25, -0.2) is 14.6 Å². The first-order chi connectivity index (χ1) is 14.0. The minimum Gasteiger partial charge on any atom is -0.451 e. The van der Waals surface area contributed by atoms with Gasteiger partial charge in [0.25, 0.3) is 5.91 Å². The van der Waals surface area contributed by atoms with Gasteiger partial charge in [-0.05, 0) is 28.1 Å². The predicted octanol–water partition coefficient (Wildman–Crippen LogP) is 3.54. The van der Waals surface area contributed by atoms with E-state index < -0.39 is 18.5 Å². The fourth-order valence-corrected chi connectivity index (χ4v) is 3.86. The Hall–Kier alpha value is -3.24. The van der Waals surface area contributed by atoms with Crippen LogP contribution in [0.25, 0.3) is 21.6 Å². The maximum absolute atomic E-state index is 12.2. The van der Waals surface area contributed by atoms with E-state index in [-0.39, 0.29) is 11.4 Å². The van der Waals surface area contributed by atoms with Crippen molar-refractivity contribution in [2.24, 2.45) is 0 Å². The zero-order valence-corrected chi connectivity index (χ0v) is 17.1. The Bertz CT molecular complexity index is 1260. The van der Waals surface area contributed by atoms with Crippen molar-refractivity contribution < 1.29 is 14.3 Å². The van der Waals surface area contributed by atoms with Gasteiger partial charge in [-0.3, -0.25) is 4.79 Å². The first kappa shape index (κ1) is 19.1. The number of rotatable bonds is 5. The second kappa shape index (κ2) is 8.02. The summed E-state index contributed by atoms with van der Waals surface area (Å²) < 4.78 is 5.63. The van der Waals surface area contributed by atoms with Crippen LogP contribution < -0.4 is 11.0 Å². The van der Waals surface area contributed by atoms with E-state index in [9.17, 15) is 14.4 Å². The van der Waals surface area contributed by atoms with Crippen LogP contribution in [0.5, 0.6) is 0 Å². The molecule has 146 valence electrons. The fraction of sp³-hybridized carbons (Fsp3) is 0.0526. The molecule has 0 aliphatic heterocycles. The molecule has 0 atom stereocenters. The Morgan fingerprint density at radius 3 is 2.62 bits per heavy atom. The molecule has 2 heterocycles. The third-order valence-electron chi connectivity index (χ3n) is 3.95. The molecule has 0 saturated heterocycles. The molecule has 8 nitrogen and oxygen atoms in total. The number of carbonyl (C=O) groups is 2. The number of esters is 1. The lowest BCUT2D eigenvalue weighted by Gasteiger charge is -2.08. The molecule has 10 heteroatoms. The van der Waals surface area contributed by atoms with E-state index in [0.29, 0.717) is 26.2 Å². The Morgan fingerprint density at radius 1 is 1.14 bits per heavy atom. The molecular formula is C19H13BrN4O4S. The van der Waals surface area contributed by atoms with E-state index in [1.807, 2.05) is 30.3 Å². The van der Waals surface area contributed by atoms with Gasteiger partial charge in [0.15, 0.2) is 12.3 Å². The third kappa shape index (κ3) is 4.28. The molecule has 2 aromatic heterocycles. The van der Waals surface area contributed by atoms with E-state index in [2.05, 4.69) is 36.2 Å². The molecule has 2 aromatic carbocycles. The molecule has 29 heavy (non-hydrogen) atoms. The second-order valence-electron chi connectivity index (χ2n) is 5.98. The number of benzene rings is 2. The Labute approximate surface area is 176 Å². The predicted molar refractivity (Wildman–Crippen MR) is 113 cm³/mol. The molecule has 0 spiro atoms. The third-order valence-corrected chi connectivity index (χ3v) is 5.49. The van der Waals surface area contributed by atoms with Crippen LogP contribution in [0.1, 0.15) is 10.5 Å². The number of hydrogen-bond acceptors (Lipinski definition) is 6. The maximum Gasteiger partial charge on any atom is 0.358 e. The van der Waals surface area contributed by atoms with Gasteiger partial charge in [0.2, 0.25) is 0 Å². The van der Waals surface area contributed by atoms with Crippen LogP contribution in [0.15, 0.2) is 57.1 Å². The van der Waals surface area contributed by atoms with E-state index in [0.717, 1.165) is 5.56 Å². The van der Waals surface area contributed by atoms with Gasteiger partial charge < -0.3 is 20.0 Å². The highest BCUT2D eigenvalue weighted by Gasteiger charge is 2.16. The fourth-order valence-electron chi connectivity index (χ4n) is 2.62. The minimum absolute atomic E-state index is 0.147. The maximum atomic E-state index is 12.2. The standard InChI is InChI=1S/C19H13BrN4O4S/c20-11-6-13-14(24-19(27)23-13)7-12(11)21-16(25)8-28-18(26)15-9-29-17(22-15)10-4-2-1-3-5-10/h1-7,9H,8H2,(H,21,25)(H2,23,24,27). The summed E-state index contributed by atoms with van der Waals surface area (Å²) in [5.41, 5.74) is 2.29. The lowest BCUT2D eigenvalue weighted by atomic mass is 10.2. The largest absolute Gasteiger partial charge is 0.451 e. The topological polar surface area (TPSA) is 117 Å². The highest BCUT2D eigenvalue weighted by atomic mass is 79.9. The average Bonchev–Trinajstić information content (AvgIpc) is 3.33. The van der Waals surface area contributed by atoms with Crippen molar-refractivity contribution in [1.82, 2.24) is 15.0 Å². The zero-order chi connectivity index (χ0) is 20.4. The minimum atomic E-state index is -0.678. The summed E-state index contributed by atoms with van der Waals surface area (Å²) in [6, 6.07) is 12.7. The summed E-state index contributed by atoms with van der Waals surface area (Å²) >= 11 is 4.65. The van der Waals surface area contributed by atoms with Crippen molar-refractivity contribution in [2.45, 2.75) is 0 Å². The summed E-state index contributed by atoms with van der Waals surface area (Å²) in [6.07, 6.45) is 0. The molecule has 4 rings (SSSR count). The van der Waals surface area contributed by atoms with E-state index in [1.54, 1.807) is 17.5 Å². The molecule has 0 bridgehead atoms. The summed E-state index contributed by atoms with van der Waals surface area (Å²) in [7, 11) is 0. The second-order valence-corrected chi connectivity index (χ2v) is 7.70. The van der Waals surface area contributed by atoms with Crippen LogP contribution in [-0.4, -0.2) is 33.4 Å². The van der Waals surface area contributed by atoms with Crippen molar-refractivity contribution in [2.75, 3.05) is 11.9 Å². The van der Waals surface area contributed by atoms with Gasteiger partial charge in [0.05, 0.1) is 16.7 Å². The summed E-state index contributed by atoms with van der Waals surface area (Å²) in [5, 5.41) is 4.92. The van der Waals surface area contributed by atoms with Crippen LogP contribution in [-0.2, 0) is 9.53 Å². The van der Waals surface area contributed by atoms with Gasteiger partial charge in [-0.1, -0.05) is 30.3 Å². The number of H-pyrrole nitrogens is 2. The average molecular weight is 473 g/mol. The van der Waals surface area contributed by atoms with Gasteiger partial charge in [0.1, 0.15) is 5.01 Å². The number of imidazole rings is 1. The Morgan fingerprint density at radius 2 is 1.86 bits per heavy atom. The molecule has 0 aliphatic carbocycles. The molecule has 0 aliphatic rings. The molecule has 3 N–H and O–H groups in total. The van der Waals surface area contributed by atoms with Crippen molar-refractivity contribution in [3.05, 3.63) is 68.5 Å². The Kier molecular flexibility index (Phi) is 5.28. The van der Waals surface area contributed by atoms with Gasteiger partial charge in [0, 0.05) is 15.4 Å². The highest BCUT2D eigenvalue weighted by molar-refractivity contribution is 9.10. The van der Waals surface area contributed by atoms with Gasteiger partial charge >= 0.3 is 11.7 Å². The normalized spacial score (nSPS) is 10.8. The van der Waals surface area contributed by atoms with Crippen LogP contribution >= 0.6 is 27.3 Å². The van der Waals surface area contributed by atoms with E-state index in [1.165, 1.54) is 11.3 Å². The summed E-state index contributed by atoms with van der Waals surface area (Å²) in [5.74, 6) is -1.20. The number of anilines is 1. The van der Waals surface area contributed by atoms with Gasteiger partial charge in [-0.2, -0.15) is 0 Å². The van der Waals surface area contributed by atoms with Crippen molar-refractivity contribution in [1.29, 1.82) is 0 Å². The number of amides is 1. The van der Waals surface area contributed by atoms with Crippen LogP contribution in [0.4, 0.5) is 5.69 Å². The smallest absolute Gasteiger partial charge is 0.358 e. The molecule has 4 aromatic rings. The molecule has 1 amide bonds. The van der Waals surface area contributed by atoms with E-state index in [4.69, 9.17) is 4.74 Å². The van der Waals surface area contributed by atoms with Crippen LogP contribution in [0.3, 0.4) is 0 Å². The number of carbonyl (C=O) groups excluding carboxylic acids is 2. The Balaban J connectivity index is 1.38.